The summed E-state index contributed by atoms with van der Waals surface area (Å²) in [5, 5.41) is 5.32. The summed E-state index contributed by atoms with van der Waals surface area (Å²) in [7, 11) is 0. The van der Waals surface area contributed by atoms with Crippen molar-refractivity contribution in [3.05, 3.63) is 53.9 Å². The quantitative estimate of drug-likeness (QED) is 0.725. The number of thiocarbonyl (C=S) groups is 1. The zero-order valence-electron chi connectivity index (χ0n) is 10.4. The van der Waals surface area contributed by atoms with Gasteiger partial charge in [0.25, 0.3) is 0 Å². The predicted molar refractivity (Wildman–Crippen MR) is 79.5 cm³/mol. The van der Waals surface area contributed by atoms with E-state index in [4.69, 9.17) is 18.0 Å². The summed E-state index contributed by atoms with van der Waals surface area (Å²) in [5.74, 6) is 0.717. The van der Waals surface area contributed by atoms with E-state index in [0.29, 0.717) is 4.99 Å². The Labute approximate surface area is 115 Å². The number of nitrogens with zero attached hydrogens (tertiary/aromatic N) is 3. The topological polar surface area (TPSA) is 56.7 Å². The fraction of sp³-hybridized carbons (Fsp3) is 0.0714. The van der Waals surface area contributed by atoms with E-state index in [2.05, 4.69) is 10.1 Å². The number of benzene rings is 1. The van der Waals surface area contributed by atoms with Crippen LogP contribution in [0.2, 0.25) is 0 Å². The highest BCUT2D eigenvalue weighted by atomic mass is 32.1. The Kier molecular flexibility index (Phi) is 2.76. The molecule has 1 aromatic carbocycles. The first-order chi connectivity index (χ1) is 9.15. The maximum atomic E-state index is 5.81. The van der Waals surface area contributed by atoms with Crippen molar-refractivity contribution in [2.75, 3.05) is 0 Å². The fourth-order valence-electron chi connectivity index (χ4n) is 2.03. The Bertz CT molecular complexity index is 776. The van der Waals surface area contributed by atoms with Crippen LogP contribution >= 0.6 is 12.2 Å². The van der Waals surface area contributed by atoms with Gasteiger partial charge in [-0.2, -0.15) is 5.10 Å². The van der Waals surface area contributed by atoms with Gasteiger partial charge in [-0.05, 0) is 25.1 Å². The number of fused-ring (bicyclic) bond motifs is 1. The first-order valence-corrected chi connectivity index (χ1v) is 6.28. The van der Waals surface area contributed by atoms with E-state index in [9.17, 15) is 0 Å². The summed E-state index contributed by atoms with van der Waals surface area (Å²) in [6, 6.07) is 11.6. The van der Waals surface area contributed by atoms with Crippen molar-refractivity contribution < 1.29 is 0 Å². The van der Waals surface area contributed by atoms with E-state index in [-0.39, 0.29) is 0 Å². The highest BCUT2D eigenvalue weighted by Gasteiger charge is 2.09. The van der Waals surface area contributed by atoms with E-state index in [1.807, 2.05) is 49.5 Å². The van der Waals surface area contributed by atoms with E-state index < -0.39 is 0 Å². The number of pyridine rings is 1. The van der Waals surface area contributed by atoms with Crippen molar-refractivity contribution in [1.82, 2.24) is 14.8 Å². The second kappa shape index (κ2) is 4.44. The summed E-state index contributed by atoms with van der Waals surface area (Å²) >= 11 is 5.12. The largest absolute Gasteiger partial charge is 0.389 e. The van der Waals surface area contributed by atoms with Crippen LogP contribution in [0.25, 0.3) is 16.7 Å². The van der Waals surface area contributed by atoms with Crippen molar-refractivity contribution >= 4 is 28.1 Å². The summed E-state index contributed by atoms with van der Waals surface area (Å²) in [6.07, 6.45) is 1.87. The van der Waals surface area contributed by atoms with Crippen molar-refractivity contribution in [3.8, 4) is 5.82 Å². The smallest absolute Gasteiger partial charge is 0.154 e. The third-order valence-electron chi connectivity index (χ3n) is 2.93. The summed E-state index contributed by atoms with van der Waals surface area (Å²) in [6.45, 7) is 1.94. The molecule has 3 aromatic rings. The maximum absolute atomic E-state index is 5.81. The molecule has 3 rings (SSSR count). The molecule has 2 aromatic heterocycles. The van der Waals surface area contributed by atoms with Crippen molar-refractivity contribution in [2.45, 2.75) is 6.92 Å². The molecule has 0 radical (unpaired) electrons. The van der Waals surface area contributed by atoms with Crippen molar-refractivity contribution in [3.63, 3.8) is 0 Å². The molecule has 94 valence electrons. The average molecular weight is 268 g/mol. The van der Waals surface area contributed by atoms with Gasteiger partial charge >= 0.3 is 0 Å². The lowest BCUT2D eigenvalue weighted by atomic mass is 10.1. The number of hydrogen-bond donors (Lipinski definition) is 1. The third-order valence-corrected chi connectivity index (χ3v) is 3.15. The molecule has 0 aliphatic carbocycles. The molecule has 2 heterocycles. The van der Waals surface area contributed by atoms with Gasteiger partial charge in [-0.25, -0.2) is 9.67 Å². The van der Waals surface area contributed by atoms with Crippen LogP contribution in [0.3, 0.4) is 0 Å². The van der Waals surface area contributed by atoms with Gasteiger partial charge in [0, 0.05) is 17.1 Å². The first-order valence-electron chi connectivity index (χ1n) is 5.87. The number of aromatic nitrogens is 3. The molecule has 19 heavy (non-hydrogen) atoms. The van der Waals surface area contributed by atoms with Gasteiger partial charge in [0.05, 0.1) is 11.2 Å². The van der Waals surface area contributed by atoms with Crippen LogP contribution in [0.5, 0.6) is 0 Å². The van der Waals surface area contributed by atoms with Crippen molar-refractivity contribution in [1.29, 1.82) is 0 Å². The van der Waals surface area contributed by atoms with Gasteiger partial charge in [0.1, 0.15) is 4.99 Å². The average Bonchev–Trinajstić information content (AvgIpc) is 2.84. The SMILES string of the molecule is Cc1ccn(-c2cc(C(N)=S)c3ccccc3n2)n1. The van der Waals surface area contributed by atoms with E-state index in [0.717, 1.165) is 28.0 Å². The molecule has 0 bridgehead atoms. The van der Waals surface area contributed by atoms with Crippen LogP contribution in [0.15, 0.2) is 42.6 Å². The van der Waals surface area contributed by atoms with Crippen molar-refractivity contribution in [2.24, 2.45) is 5.73 Å². The highest BCUT2D eigenvalue weighted by molar-refractivity contribution is 7.80. The van der Waals surface area contributed by atoms with Crippen LogP contribution in [-0.2, 0) is 0 Å². The predicted octanol–water partition coefficient (Wildman–Crippen LogP) is 2.36. The van der Waals surface area contributed by atoms with Gasteiger partial charge in [0.15, 0.2) is 5.82 Å². The molecule has 5 heteroatoms. The van der Waals surface area contributed by atoms with Gasteiger partial charge in [-0.15, -0.1) is 0 Å². The second-order valence-electron chi connectivity index (χ2n) is 4.31. The third kappa shape index (κ3) is 2.08. The van der Waals surface area contributed by atoms with Crippen LogP contribution in [-0.4, -0.2) is 19.8 Å². The Balaban J connectivity index is 2.30. The number of para-hydroxylation sites is 1. The molecule has 2 N–H and O–H groups in total. The van der Waals surface area contributed by atoms with Crippen LogP contribution < -0.4 is 5.73 Å². The van der Waals surface area contributed by atoms with E-state index in [1.165, 1.54) is 0 Å². The Morgan fingerprint density at radius 3 is 2.74 bits per heavy atom. The molecule has 0 amide bonds. The zero-order chi connectivity index (χ0) is 13.4. The molecule has 0 fully saturated rings. The summed E-state index contributed by atoms with van der Waals surface area (Å²) in [4.78, 5) is 4.95. The lowest BCUT2D eigenvalue weighted by Crippen LogP contribution is -2.12. The van der Waals surface area contributed by atoms with E-state index >= 15 is 0 Å². The van der Waals surface area contributed by atoms with Gasteiger partial charge < -0.3 is 5.73 Å². The Hall–Kier alpha value is -2.27. The Morgan fingerprint density at radius 2 is 2.05 bits per heavy atom. The number of aryl methyl sites for hydroxylation is 1. The summed E-state index contributed by atoms with van der Waals surface area (Å²) in [5.41, 5.74) is 8.42. The summed E-state index contributed by atoms with van der Waals surface area (Å²) < 4.78 is 1.73. The minimum atomic E-state index is 0.365. The number of nitrogens with two attached hydrogens (primary N) is 1. The highest BCUT2D eigenvalue weighted by Crippen LogP contribution is 2.20. The van der Waals surface area contributed by atoms with Crippen LogP contribution in [0.1, 0.15) is 11.3 Å². The van der Waals surface area contributed by atoms with Crippen LogP contribution in [0, 0.1) is 6.92 Å². The standard InChI is InChI=1S/C14H12N4S/c1-9-6-7-18(17-9)13-8-11(14(15)19)10-4-2-3-5-12(10)16-13/h2-8H,1H3,(H2,15,19). The molecule has 0 unspecified atom stereocenters. The molecule has 0 saturated heterocycles. The van der Waals surface area contributed by atoms with Gasteiger partial charge in [0.2, 0.25) is 0 Å². The molecule has 0 aliphatic heterocycles. The Morgan fingerprint density at radius 1 is 1.26 bits per heavy atom. The van der Waals surface area contributed by atoms with Gasteiger partial charge in [-0.3, -0.25) is 0 Å². The van der Waals surface area contributed by atoms with Gasteiger partial charge in [-0.1, -0.05) is 30.4 Å². The first kappa shape index (κ1) is 11.8. The molecule has 0 saturated carbocycles. The monoisotopic (exact) mass is 268 g/mol. The normalized spacial score (nSPS) is 10.8. The minimum Gasteiger partial charge on any atom is -0.389 e. The lowest BCUT2D eigenvalue weighted by Gasteiger charge is -2.08. The minimum absolute atomic E-state index is 0.365. The lowest BCUT2D eigenvalue weighted by molar-refractivity contribution is 0.837. The number of hydrogen-bond acceptors (Lipinski definition) is 3. The molecule has 0 atom stereocenters. The fourth-order valence-corrected chi connectivity index (χ4v) is 2.19. The van der Waals surface area contributed by atoms with E-state index in [1.54, 1.807) is 4.68 Å². The molecule has 0 spiro atoms. The molecule has 4 nitrogen and oxygen atoms in total. The second-order valence-corrected chi connectivity index (χ2v) is 4.75. The zero-order valence-corrected chi connectivity index (χ0v) is 11.2. The van der Waals surface area contributed by atoms with Crippen LogP contribution in [0.4, 0.5) is 0 Å². The maximum Gasteiger partial charge on any atom is 0.154 e. The number of rotatable bonds is 2. The molecule has 0 aliphatic rings. The molecular formula is C14H12N4S. The molecular weight excluding hydrogens is 256 g/mol.